The first kappa shape index (κ1) is 15.9. The number of nitrogens with one attached hydrogen (secondary N) is 1. The van der Waals surface area contributed by atoms with Gasteiger partial charge >= 0.3 is 6.09 Å². The van der Waals surface area contributed by atoms with Crippen LogP contribution in [0.1, 0.15) is 18.4 Å². The van der Waals surface area contributed by atoms with Crippen LogP contribution in [-0.4, -0.2) is 36.9 Å². The number of nitrogens with zero attached hydrogens (tertiary/aromatic N) is 1. The Hall–Kier alpha value is -2.02. The van der Waals surface area contributed by atoms with Crippen molar-refractivity contribution in [3.05, 3.63) is 41.1 Å². The van der Waals surface area contributed by atoms with Crippen molar-refractivity contribution in [2.75, 3.05) is 23.7 Å². The normalized spacial score (nSPS) is 23.2. The van der Waals surface area contributed by atoms with E-state index < -0.39 is 12.2 Å². The molecule has 0 aliphatic carbocycles. The molecule has 0 aromatic heterocycles. The number of amides is 2. The second kappa shape index (κ2) is 6.62. The smallest absolute Gasteiger partial charge is 0.414 e. The largest absolute Gasteiger partial charge is 0.442 e. The summed E-state index contributed by atoms with van der Waals surface area (Å²) < 4.78 is 19.5. The number of rotatable bonds is 4. The van der Waals surface area contributed by atoms with Gasteiger partial charge in [-0.05, 0) is 23.1 Å². The Morgan fingerprint density at radius 3 is 3.00 bits per heavy atom. The molecular formula is C16H17FN2O3S. The first-order valence-corrected chi connectivity index (χ1v) is 8.40. The van der Waals surface area contributed by atoms with E-state index in [9.17, 15) is 14.0 Å². The van der Waals surface area contributed by atoms with Crippen molar-refractivity contribution in [2.24, 2.45) is 0 Å². The van der Waals surface area contributed by atoms with E-state index >= 15 is 0 Å². The van der Waals surface area contributed by atoms with E-state index in [4.69, 9.17) is 4.74 Å². The minimum Gasteiger partial charge on any atom is -0.442 e. The van der Waals surface area contributed by atoms with Gasteiger partial charge in [0, 0.05) is 18.6 Å². The fourth-order valence-corrected chi connectivity index (χ4v) is 3.55. The summed E-state index contributed by atoms with van der Waals surface area (Å²) in [6.45, 7) is 1.94. The number of anilines is 1. The fraction of sp³-hybridized carbons (Fsp3) is 0.375. The molecule has 2 aliphatic rings. The van der Waals surface area contributed by atoms with E-state index in [2.05, 4.69) is 5.32 Å². The van der Waals surface area contributed by atoms with Crippen molar-refractivity contribution in [1.82, 2.24) is 5.32 Å². The third kappa shape index (κ3) is 3.50. The molecule has 0 radical (unpaired) electrons. The molecule has 1 fully saturated rings. The van der Waals surface area contributed by atoms with Crippen LogP contribution in [0.25, 0.3) is 0 Å². The van der Waals surface area contributed by atoms with Gasteiger partial charge in [0.2, 0.25) is 5.91 Å². The number of benzene rings is 1. The minimum atomic E-state index is -0.524. The topological polar surface area (TPSA) is 58.6 Å². The van der Waals surface area contributed by atoms with E-state index in [1.807, 2.05) is 11.5 Å². The molecule has 5 nitrogen and oxygen atoms in total. The van der Waals surface area contributed by atoms with Crippen molar-refractivity contribution in [3.8, 4) is 0 Å². The summed E-state index contributed by atoms with van der Waals surface area (Å²) in [5, 5.41) is 4.59. The van der Waals surface area contributed by atoms with Gasteiger partial charge in [-0.2, -0.15) is 0 Å². The third-order valence-electron chi connectivity index (χ3n) is 3.83. The molecular weight excluding hydrogens is 319 g/mol. The average molecular weight is 336 g/mol. The molecule has 122 valence electrons. The summed E-state index contributed by atoms with van der Waals surface area (Å²) in [5.74, 6) is 0.406. The van der Waals surface area contributed by atoms with Gasteiger partial charge in [0.15, 0.2) is 0 Å². The number of hydrogen-bond donors (Lipinski definition) is 1. The number of hydrogen-bond acceptors (Lipinski definition) is 4. The van der Waals surface area contributed by atoms with Crippen LogP contribution in [-0.2, 0) is 9.53 Å². The molecule has 3 rings (SSSR count). The Labute approximate surface area is 137 Å². The Bertz CT molecular complexity index is 665. The Kier molecular flexibility index (Phi) is 4.56. The monoisotopic (exact) mass is 336 g/mol. The maximum Gasteiger partial charge on any atom is 0.414 e. The number of allylic oxidation sites excluding steroid dienone is 1. The molecule has 0 saturated carbocycles. The number of carbonyl (C=O) groups excluding carboxylic acids is 2. The van der Waals surface area contributed by atoms with Crippen LogP contribution >= 0.6 is 11.8 Å². The molecule has 2 aliphatic heterocycles. The van der Waals surface area contributed by atoms with Gasteiger partial charge in [-0.15, -0.1) is 11.8 Å². The number of halogens is 1. The molecule has 2 heterocycles. The van der Waals surface area contributed by atoms with Crippen molar-refractivity contribution in [2.45, 2.75) is 18.9 Å². The molecule has 1 saturated heterocycles. The zero-order chi connectivity index (χ0) is 16.4. The van der Waals surface area contributed by atoms with Crippen LogP contribution in [0.3, 0.4) is 0 Å². The van der Waals surface area contributed by atoms with Crippen molar-refractivity contribution in [3.63, 3.8) is 0 Å². The average Bonchev–Trinajstić information content (AvgIpc) is 3.14. The van der Waals surface area contributed by atoms with Crippen molar-refractivity contribution in [1.29, 1.82) is 0 Å². The third-order valence-corrected chi connectivity index (χ3v) is 4.73. The molecule has 1 unspecified atom stereocenters. The van der Waals surface area contributed by atoms with E-state index in [0.29, 0.717) is 11.3 Å². The van der Waals surface area contributed by atoms with E-state index in [0.717, 1.165) is 5.75 Å². The van der Waals surface area contributed by atoms with Gasteiger partial charge < -0.3 is 10.1 Å². The highest BCUT2D eigenvalue weighted by Gasteiger charge is 2.33. The van der Waals surface area contributed by atoms with Crippen molar-refractivity contribution < 1.29 is 18.7 Å². The SMILES string of the molecule is CC(=O)NC[C@H]1CN(c2ccc(C3C=CSC3)c(F)c2)C(=O)O1. The lowest BCUT2D eigenvalue weighted by Crippen LogP contribution is -2.33. The van der Waals surface area contributed by atoms with Crippen LogP contribution in [0.2, 0.25) is 0 Å². The van der Waals surface area contributed by atoms with E-state index in [1.165, 1.54) is 17.9 Å². The number of cyclic esters (lactones) is 1. The van der Waals surface area contributed by atoms with Crippen LogP contribution < -0.4 is 10.2 Å². The lowest BCUT2D eigenvalue weighted by molar-refractivity contribution is -0.119. The van der Waals surface area contributed by atoms with Crippen LogP contribution in [0.4, 0.5) is 14.9 Å². The van der Waals surface area contributed by atoms with Crippen LogP contribution in [0, 0.1) is 5.82 Å². The maximum absolute atomic E-state index is 14.4. The molecule has 0 bridgehead atoms. The van der Waals surface area contributed by atoms with Crippen LogP contribution in [0.15, 0.2) is 29.7 Å². The molecule has 0 spiro atoms. The molecule has 1 aromatic carbocycles. The highest BCUT2D eigenvalue weighted by molar-refractivity contribution is 8.02. The minimum absolute atomic E-state index is 0.0760. The second-order valence-electron chi connectivity index (χ2n) is 5.53. The first-order chi connectivity index (χ1) is 11.0. The number of carbonyl (C=O) groups is 2. The summed E-state index contributed by atoms with van der Waals surface area (Å²) in [5.41, 5.74) is 1.11. The van der Waals surface area contributed by atoms with E-state index in [-0.39, 0.29) is 30.7 Å². The zero-order valence-corrected chi connectivity index (χ0v) is 13.4. The van der Waals surface area contributed by atoms with Gasteiger partial charge in [0.1, 0.15) is 11.9 Å². The zero-order valence-electron chi connectivity index (χ0n) is 12.6. The molecule has 23 heavy (non-hydrogen) atoms. The van der Waals surface area contributed by atoms with Crippen LogP contribution in [0.5, 0.6) is 0 Å². The summed E-state index contributed by atoms with van der Waals surface area (Å²) in [4.78, 5) is 24.2. The number of thioether (sulfide) groups is 1. The Morgan fingerprint density at radius 1 is 1.52 bits per heavy atom. The van der Waals surface area contributed by atoms with Gasteiger partial charge in [0.05, 0.1) is 18.8 Å². The van der Waals surface area contributed by atoms with Gasteiger partial charge in [-0.1, -0.05) is 12.1 Å². The lowest BCUT2D eigenvalue weighted by Gasteiger charge is -2.16. The Balaban J connectivity index is 1.71. The van der Waals surface area contributed by atoms with Crippen molar-refractivity contribution >= 4 is 29.4 Å². The molecule has 7 heteroatoms. The summed E-state index contributed by atoms with van der Waals surface area (Å²) >= 11 is 1.66. The molecule has 2 atom stereocenters. The summed E-state index contributed by atoms with van der Waals surface area (Å²) in [6, 6.07) is 4.82. The summed E-state index contributed by atoms with van der Waals surface area (Å²) in [6.07, 6.45) is 1.03. The van der Waals surface area contributed by atoms with Gasteiger partial charge in [-0.25, -0.2) is 9.18 Å². The highest BCUT2D eigenvalue weighted by atomic mass is 32.2. The molecule has 1 aromatic rings. The first-order valence-electron chi connectivity index (χ1n) is 7.35. The summed E-state index contributed by atoms with van der Waals surface area (Å²) in [7, 11) is 0. The predicted molar refractivity (Wildman–Crippen MR) is 87.0 cm³/mol. The standard InChI is InChI=1S/C16H17FN2O3S/c1-10(20)18-7-13-8-19(16(21)22-13)12-2-3-14(15(17)6-12)11-4-5-23-9-11/h2-6,11,13H,7-9H2,1H3,(H,18,20)/t11?,13-/m0/s1. The molecule has 2 amide bonds. The highest BCUT2D eigenvalue weighted by Crippen LogP contribution is 2.33. The number of ether oxygens (including phenoxy) is 1. The van der Waals surface area contributed by atoms with E-state index in [1.54, 1.807) is 23.9 Å². The fourth-order valence-electron chi connectivity index (χ4n) is 2.64. The molecule has 1 N–H and O–H groups in total. The predicted octanol–water partition coefficient (Wildman–Crippen LogP) is 2.63. The lowest BCUT2D eigenvalue weighted by atomic mass is 10.0. The second-order valence-corrected chi connectivity index (χ2v) is 6.47. The Morgan fingerprint density at radius 2 is 2.35 bits per heavy atom. The van der Waals surface area contributed by atoms with Gasteiger partial charge in [-0.3, -0.25) is 9.69 Å². The quantitative estimate of drug-likeness (QED) is 0.918. The van der Waals surface area contributed by atoms with Gasteiger partial charge in [0.25, 0.3) is 0 Å². The maximum atomic E-state index is 14.4.